The number of carbonyl (C=O) groups is 2. The van der Waals surface area contributed by atoms with Crippen LogP contribution >= 0.6 is 0 Å². The van der Waals surface area contributed by atoms with Crippen molar-refractivity contribution < 1.29 is 9.59 Å². The van der Waals surface area contributed by atoms with Gasteiger partial charge in [-0.05, 0) is 11.6 Å². The summed E-state index contributed by atoms with van der Waals surface area (Å²) in [7, 11) is 0. The first-order chi connectivity index (χ1) is 9.19. The Labute approximate surface area is 113 Å². The molecule has 1 saturated heterocycles. The van der Waals surface area contributed by atoms with Crippen molar-refractivity contribution in [1.29, 1.82) is 0 Å². The molecular weight excluding hydrogens is 240 g/mol. The van der Waals surface area contributed by atoms with Crippen LogP contribution in [0.4, 0.5) is 0 Å². The number of rotatable bonds is 5. The Hall–Kier alpha value is -2.10. The van der Waals surface area contributed by atoms with Crippen molar-refractivity contribution in [3.63, 3.8) is 0 Å². The largest absolute Gasteiger partial charge is 0.355 e. The van der Waals surface area contributed by atoms with Crippen LogP contribution in [0.1, 0.15) is 5.56 Å². The van der Waals surface area contributed by atoms with E-state index in [0.29, 0.717) is 32.0 Å². The Morgan fingerprint density at radius 3 is 2.63 bits per heavy atom. The predicted molar refractivity (Wildman–Crippen MR) is 73.4 cm³/mol. The highest BCUT2D eigenvalue weighted by molar-refractivity contribution is 5.87. The van der Waals surface area contributed by atoms with Gasteiger partial charge in [0.25, 0.3) is 0 Å². The highest BCUT2D eigenvalue weighted by Gasteiger charge is 2.29. The van der Waals surface area contributed by atoms with Crippen LogP contribution in [0.2, 0.25) is 0 Å². The van der Waals surface area contributed by atoms with Crippen LogP contribution in [0, 0.1) is 5.92 Å². The molecule has 4 nitrogen and oxygen atoms in total. The first-order valence-electron chi connectivity index (χ1n) is 6.41. The molecule has 1 fully saturated rings. The monoisotopic (exact) mass is 258 g/mol. The number of nitrogens with one attached hydrogen (secondary N) is 1. The van der Waals surface area contributed by atoms with Gasteiger partial charge in [-0.3, -0.25) is 9.59 Å². The van der Waals surface area contributed by atoms with Gasteiger partial charge in [-0.15, -0.1) is 0 Å². The van der Waals surface area contributed by atoms with Crippen LogP contribution in [0.15, 0.2) is 43.0 Å². The summed E-state index contributed by atoms with van der Waals surface area (Å²) in [6.45, 7) is 5.49. The second kappa shape index (κ2) is 6.18. The molecule has 2 rings (SSSR count). The number of benzene rings is 1. The van der Waals surface area contributed by atoms with E-state index in [0.717, 1.165) is 5.56 Å². The Balaban J connectivity index is 1.66. The van der Waals surface area contributed by atoms with Gasteiger partial charge in [-0.25, -0.2) is 0 Å². The lowest BCUT2D eigenvalue weighted by Crippen LogP contribution is -2.53. The van der Waals surface area contributed by atoms with Crippen LogP contribution in [0.25, 0.3) is 0 Å². The second-order valence-corrected chi connectivity index (χ2v) is 4.78. The smallest absolute Gasteiger partial charge is 0.245 e. The Kier molecular flexibility index (Phi) is 4.34. The summed E-state index contributed by atoms with van der Waals surface area (Å²) < 4.78 is 0. The fraction of sp³-hybridized carbons (Fsp3) is 0.333. The van der Waals surface area contributed by atoms with E-state index in [4.69, 9.17) is 0 Å². The molecule has 100 valence electrons. The molecule has 0 bridgehead atoms. The molecule has 0 saturated carbocycles. The summed E-state index contributed by atoms with van der Waals surface area (Å²) in [6, 6.07) is 9.66. The van der Waals surface area contributed by atoms with Gasteiger partial charge >= 0.3 is 0 Å². The van der Waals surface area contributed by atoms with E-state index in [1.807, 2.05) is 30.3 Å². The first kappa shape index (κ1) is 13.3. The van der Waals surface area contributed by atoms with Crippen LogP contribution in [-0.2, 0) is 16.0 Å². The Bertz CT molecular complexity index is 464. The summed E-state index contributed by atoms with van der Waals surface area (Å²) >= 11 is 0. The zero-order valence-corrected chi connectivity index (χ0v) is 10.8. The van der Waals surface area contributed by atoms with Gasteiger partial charge in [0.15, 0.2) is 0 Å². The van der Waals surface area contributed by atoms with E-state index in [9.17, 15) is 9.59 Å². The molecule has 0 aromatic heterocycles. The fourth-order valence-corrected chi connectivity index (χ4v) is 2.11. The molecule has 0 unspecified atom stereocenters. The average molecular weight is 258 g/mol. The molecule has 0 spiro atoms. The van der Waals surface area contributed by atoms with Crippen molar-refractivity contribution in [2.75, 3.05) is 19.6 Å². The predicted octanol–water partition coefficient (Wildman–Crippen LogP) is 0.990. The van der Waals surface area contributed by atoms with E-state index in [1.54, 1.807) is 4.90 Å². The maximum Gasteiger partial charge on any atom is 0.245 e. The lowest BCUT2D eigenvalue weighted by Gasteiger charge is -2.38. The average Bonchev–Trinajstić information content (AvgIpc) is 2.37. The Morgan fingerprint density at radius 2 is 2.00 bits per heavy atom. The van der Waals surface area contributed by atoms with Crippen molar-refractivity contribution in [2.45, 2.75) is 6.42 Å². The van der Waals surface area contributed by atoms with Gasteiger partial charge in [0.2, 0.25) is 11.8 Å². The van der Waals surface area contributed by atoms with Crippen molar-refractivity contribution in [3.05, 3.63) is 48.6 Å². The van der Waals surface area contributed by atoms with Gasteiger partial charge in [0.05, 0.1) is 6.42 Å². The molecule has 1 aromatic rings. The van der Waals surface area contributed by atoms with Gasteiger partial charge in [0.1, 0.15) is 0 Å². The molecule has 19 heavy (non-hydrogen) atoms. The normalized spacial score (nSPS) is 14.6. The van der Waals surface area contributed by atoms with Crippen molar-refractivity contribution in [2.24, 2.45) is 5.92 Å². The third-order valence-corrected chi connectivity index (χ3v) is 3.24. The lowest BCUT2D eigenvalue weighted by molar-refractivity contribution is -0.132. The first-order valence-corrected chi connectivity index (χ1v) is 6.41. The van der Waals surface area contributed by atoms with E-state index in [2.05, 4.69) is 11.9 Å². The standard InChI is InChI=1S/C15H18N2O2/c1-2-15(19)17-10-13(11-17)9-16-14(18)8-12-6-4-3-5-7-12/h2-7,13H,1,8-11H2,(H,16,18). The number of hydrogen-bond donors (Lipinski definition) is 1. The second-order valence-electron chi connectivity index (χ2n) is 4.78. The molecular formula is C15H18N2O2. The molecule has 1 aliphatic rings. The van der Waals surface area contributed by atoms with Crippen molar-refractivity contribution in [1.82, 2.24) is 10.2 Å². The minimum atomic E-state index is -0.0353. The third-order valence-electron chi connectivity index (χ3n) is 3.24. The SMILES string of the molecule is C=CC(=O)N1CC(CNC(=O)Cc2ccccc2)C1. The van der Waals surface area contributed by atoms with Crippen LogP contribution in [-0.4, -0.2) is 36.3 Å². The zero-order chi connectivity index (χ0) is 13.7. The van der Waals surface area contributed by atoms with Crippen LogP contribution in [0.5, 0.6) is 0 Å². The number of carbonyl (C=O) groups excluding carboxylic acids is 2. The van der Waals surface area contributed by atoms with E-state index in [1.165, 1.54) is 6.08 Å². The minimum Gasteiger partial charge on any atom is -0.355 e. The summed E-state index contributed by atoms with van der Waals surface area (Å²) in [5.41, 5.74) is 1.01. The molecule has 0 aliphatic carbocycles. The zero-order valence-electron chi connectivity index (χ0n) is 10.8. The summed E-state index contributed by atoms with van der Waals surface area (Å²) in [6.07, 6.45) is 1.73. The van der Waals surface area contributed by atoms with Crippen molar-refractivity contribution >= 4 is 11.8 Å². The minimum absolute atomic E-state index is 0.0275. The maximum absolute atomic E-state index is 11.7. The molecule has 1 aliphatic heterocycles. The van der Waals surface area contributed by atoms with E-state index < -0.39 is 0 Å². The van der Waals surface area contributed by atoms with Gasteiger partial charge < -0.3 is 10.2 Å². The molecule has 1 N–H and O–H groups in total. The molecule has 0 atom stereocenters. The quantitative estimate of drug-likeness (QED) is 0.801. The number of nitrogens with zero attached hydrogens (tertiary/aromatic N) is 1. The lowest BCUT2D eigenvalue weighted by atomic mass is 10.00. The molecule has 0 radical (unpaired) electrons. The van der Waals surface area contributed by atoms with E-state index >= 15 is 0 Å². The topological polar surface area (TPSA) is 49.4 Å². The molecule has 4 heteroatoms. The Morgan fingerprint density at radius 1 is 1.32 bits per heavy atom. The number of hydrogen-bond acceptors (Lipinski definition) is 2. The van der Waals surface area contributed by atoms with Gasteiger partial charge in [-0.1, -0.05) is 36.9 Å². The summed E-state index contributed by atoms with van der Waals surface area (Å²) in [5, 5.41) is 2.91. The molecule has 1 heterocycles. The molecule has 2 amide bonds. The molecule has 1 aromatic carbocycles. The summed E-state index contributed by atoms with van der Waals surface area (Å²) in [5.74, 6) is 0.357. The number of likely N-dealkylation sites (tertiary alicyclic amines) is 1. The highest BCUT2D eigenvalue weighted by atomic mass is 16.2. The third kappa shape index (κ3) is 3.68. The number of amides is 2. The van der Waals surface area contributed by atoms with Crippen LogP contribution < -0.4 is 5.32 Å². The van der Waals surface area contributed by atoms with Crippen LogP contribution in [0.3, 0.4) is 0 Å². The van der Waals surface area contributed by atoms with Crippen molar-refractivity contribution in [3.8, 4) is 0 Å². The summed E-state index contributed by atoms with van der Waals surface area (Å²) in [4.78, 5) is 24.7. The fourth-order valence-electron chi connectivity index (χ4n) is 2.11. The van der Waals surface area contributed by atoms with Gasteiger partial charge in [0, 0.05) is 25.6 Å². The van der Waals surface area contributed by atoms with E-state index in [-0.39, 0.29) is 11.8 Å². The van der Waals surface area contributed by atoms with Gasteiger partial charge in [-0.2, -0.15) is 0 Å². The highest BCUT2D eigenvalue weighted by Crippen LogP contribution is 2.14. The maximum atomic E-state index is 11.7.